The molecule has 35 heavy (non-hydrogen) atoms. The number of carbonyl (C=O) groups excluding carboxylic acids is 4. The number of hydrogen-bond acceptors (Lipinski definition) is 7. The zero-order valence-corrected chi connectivity index (χ0v) is 20.2. The molecule has 0 heterocycles. The summed E-state index contributed by atoms with van der Waals surface area (Å²) in [5.41, 5.74) is 1.15. The second-order valence-corrected chi connectivity index (χ2v) is 7.97. The van der Waals surface area contributed by atoms with Crippen LogP contribution >= 0.6 is 11.6 Å². The van der Waals surface area contributed by atoms with Crippen LogP contribution in [0.2, 0.25) is 5.02 Å². The first-order valence-corrected chi connectivity index (χ1v) is 10.6. The van der Waals surface area contributed by atoms with Crippen molar-refractivity contribution in [3.8, 4) is 17.2 Å². The van der Waals surface area contributed by atoms with Crippen LogP contribution in [0.3, 0.4) is 0 Å². The Morgan fingerprint density at radius 3 is 1.77 bits per heavy atom. The summed E-state index contributed by atoms with van der Waals surface area (Å²) >= 11 is 6.07. The van der Waals surface area contributed by atoms with Crippen molar-refractivity contribution in [2.45, 2.75) is 20.8 Å². The summed E-state index contributed by atoms with van der Waals surface area (Å²) in [6.45, 7) is 15.0. The van der Waals surface area contributed by atoms with Gasteiger partial charge in [0.15, 0.2) is 17.3 Å². The summed E-state index contributed by atoms with van der Waals surface area (Å²) in [6, 6.07) is 8.66. The van der Waals surface area contributed by atoms with Crippen molar-refractivity contribution >= 4 is 41.4 Å². The van der Waals surface area contributed by atoms with Crippen molar-refractivity contribution in [2.24, 2.45) is 0 Å². The van der Waals surface area contributed by atoms with Crippen molar-refractivity contribution in [1.29, 1.82) is 0 Å². The smallest absolute Gasteiger partial charge is 0.338 e. The van der Waals surface area contributed by atoms with Gasteiger partial charge >= 0.3 is 17.9 Å². The third kappa shape index (κ3) is 7.65. The molecule has 0 radical (unpaired) electrons. The SMILES string of the molecule is C=C(C)C(=O)Oc1cc(/C=C/C(=O)c2ccc(OC(=O)C(=C)C)c(OC(=O)C(=C)C)c2)ccc1Cl. The van der Waals surface area contributed by atoms with Gasteiger partial charge in [-0.2, -0.15) is 0 Å². The first kappa shape index (κ1) is 27.0. The van der Waals surface area contributed by atoms with Gasteiger partial charge in [0.1, 0.15) is 5.75 Å². The first-order valence-electron chi connectivity index (χ1n) is 10.2. The number of esters is 3. The van der Waals surface area contributed by atoms with Crippen molar-refractivity contribution in [3.63, 3.8) is 0 Å². The Hall–Kier alpha value is -4.23. The third-order valence-electron chi connectivity index (χ3n) is 4.26. The molecule has 0 saturated heterocycles. The Labute approximate surface area is 207 Å². The Morgan fingerprint density at radius 1 is 0.714 bits per heavy atom. The fraction of sp³-hybridized carbons (Fsp3) is 0.111. The summed E-state index contributed by atoms with van der Waals surface area (Å²) in [5.74, 6) is -2.62. The highest BCUT2D eigenvalue weighted by Gasteiger charge is 2.17. The Morgan fingerprint density at radius 2 is 1.23 bits per heavy atom. The molecule has 0 spiro atoms. The molecule has 0 unspecified atom stereocenters. The molecule has 0 aliphatic heterocycles. The van der Waals surface area contributed by atoms with Crippen LogP contribution in [0.15, 0.2) is 78.9 Å². The van der Waals surface area contributed by atoms with Gasteiger partial charge in [-0.15, -0.1) is 0 Å². The number of rotatable bonds is 9. The van der Waals surface area contributed by atoms with Crippen molar-refractivity contribution in [1.82, 2.24) is 0 Å². The van der Waals surface area contributed by atoms with Gasteiger partial charge in [0, 0.05) is 22.3 Å². The van der Waals surface area contributed by atoms with Crippen molar-refractivity contribution in [3.05, 3.63) is 95.1 Å². The fourth-order valence-electron chi connectivity index (χ4n) is 2.36. The zero-order chi connectivity index (χ0) is 26.3. The molecule has 7 nitrogen and oxygen atoms in total. The van der Waals surface area contributed by atoms with Crippen molar-refractivity contribution in [2.75, 3.05) is 0 Å². The zero-order valence-electron chi connectivity index (χ0n) is 19.5. The Balaban J connectivity index is 2.32. The first-order chi connectivity index (χ1) is 16.4. The van der Waals surface area contributed by atoms with Gasteiger partial charge in [-0.05, 0) is 62.7 Å². The summed E-state index contributed by atoms with van der Waals surface area (Å²) in [4.78, 5) is 48.5. The molecule has 0 bridgehead atoms. The van der Waals surface area contributed by atoms with Crippen LogP contribution in [-0.2, 0) is 14.4 Å². The molecule has 0 aliphatic carbocycles. The van der Waals surface area contributed by atoms with Gasteiger partial charge < -0.3 is 14.2 Å². The second kappa shape index (κ2) is 11.8. The standard InChI is InChI=1S/C27H23ClO7/c1-15(2)25(30)33-22-12-9-19(14-24(22)35-27(32)17(5)6)21(29)11-8-18-7-10-20(28)23(13-18)34-26(31)16(3)4/h7-14H,1,3,5H2,2,4,6H3/b11-8+. The lowest BCUT2D eigenvalue weighted by atomic mass is 10.1. The van der Waals surface area contributed by atoms with E-state index < -0.39 is 23.7 Å². The molecule has 8 heteroatoms. The van der Waals surface area contributed by atoms with E-state index in [9.17, 15) is 19.2 Å². The minimum atomic E-state index is -0.754. The van der Waals surface area contributed by atoms with E-state index in [1.165, 1.54) is 63.3 Å². The molecule has 2 rings (SSSR count). The van der Waals surface area contributed by atoms with E-state index in [1.807, 2.05) is 0 Å². The van der Waals surface area contributed by atoms with Gasteiger partial charge in [0.2, 0.25) is 0 Å². The fourth-order valence-corrected chi connectivity index (χ4v) is 2.51. The van der Waals surface area contributed by atoms with E-state index >= 15 is 0 Å². The number of benzene rings is 2. The third-order valence-corrected chi connectivity index (χ3v) is 4.58. The van der Waals surface area contributed by atoms with Crippen LogP contribution in [0.25, 0.3) is 6.08 Å². The predicted molar refractivity (Wildman–Crippen MR) is 133 cm³/mol. The average Bonchev–Trinajstić information content (AvgIpc) is 2.79. The van der Waals surface area contributed by atoms with Crippen LogP contribution in [0.5, 0.6) is 17.2 Å². The van der Waals surface area contributed by atoms with E-state index in [1.54, 1.807) is 6.07 Å². The summed E-state index contributed by atoms with van der Waals surface area (Å²) in [6.07, 6.45) is 2.76. The summed E-state index contributed by atoms with van der Waals surface area (Å²) < 4.78 is 15.6. The molecule has 0 saturated carbocycles. The number of ketones is 1. The molecular weight excluding hydrogens is 472 g/mol. The average molecular weight is 495 g/mol. The Bertz CT molecular complexity index is 1280. The minimum absolute atomic E-state index is 0.0604. The molecule has 0 aromatic heterocycles. The number of hydrogen-bond donors (Lipinski definition) is 0. The van der Waals surface area contributed by atoms with Crippen molar-refractivity contribution < 1.29 is 33.4 Å². The van der Waals surface area contributed by atoms with E-state index in [0.29, 0.717) is 5.56 Å². The molecule has 2 aromatic rings. The highest BCUT2D eigenvalue weighted by atomic mass is 35.5. The molecule has 2 aromatic carbocycles. The van der Waals surface area contributed by atoms with Crippen LogP contribution in [-0.4, -0.2) is 23.7 Å². The van der Waals surface area contributed by atoms with E-state index in [0.717, 1.165) is 0 Å². The highest BCUT2D eigenvalue weighted by molar-refractivity contribution is 6.32. The lowest BCUT2D eigenvalue weighted by Gasteiger charge is -2.11. The van der Waals surface area contributed by atoms with Gasteiger partial charge in [0.05, 0.1) is 5.02 Å². The number of allylic oxidation sites excluding steroid dienone is 1. The monoisotopic (exact) mass is 494 g/mol. The predicted octanol–water partition coefficient (Wildman–Crippen LogP) is 5.68. The molecular formula is C27H23ClO7. The topological polar surface area (TPSA) is 96.0 Å². The van der Waals surface area contributed by atoms with Crippen LogP contribution < -0.4 is 14.2 Å². The number of ether oxygens (including phenoxy) is 3. The van der Waals surface area contributed by atoms with Crippen LogP contribution in [0.1, 0.15) is 36.7 Å². The molecule has 0 N–H and O–H groups in total. The van der Waals surface area contributed by atoms with Crippen LogP contribution in [0.4, 0.5) is 0 Å². The van der Waals surface area contributed by atoms with Crippen LogP contribution in [0, 0.1) is 0 Å². The molecule has 0 aliphatic rings. The number of carbonyl (C=O) groups is 4. The molecule has 180 valence electrons. The minimum Gasteiger partial charge on any atom is -0.422 e. The quantitative estimate of drug-likeness (QED) is 0.191. The highest BCUT2D eigenvalue weighted by Crippen LogP contribution is 2.31. The van der Waals surface area contributed by atoms with Gasteiger partial charge in [0.25, 0.3) is 0 Å². The summed E-state index contributed by atoms with van der Waals surface area (Å²) in [7, 11) is 0. The largest absolute Gasteiger partial charge is 0.422 e. The second-order valence-electron chi connectivity index (χ2n) is 7.56. The molecule has 0 atom stereocenters. The van der Waals surface area contributed by atoms with E-state index in [-0.39, 0.29) is 44.6 Å². The number of halogens is 1. The maximum absolute atomic E-state index is 12.8. The van der Waals surface area contributed by atoms with Gasteiger partial charge in [-0.25, -0.2) is 14.4 Å². The van der Waals surface area contributed by atoms with Gasteiger partial charge in [-0.3, -0.25) is 4.79 Å². The maximum Gasteiger partial charge on any atom is 0.338 e. The summed E-state index contributed by atoms with van der Waals surface area (Å²) in [5, 5.41) is 0.215. The van der Waals surface area contributed by atoms with Gasteiger partial charge in [-0.1, -0.05) is 43.5 Å². The van der Waals surface area contributed by atoms with E-state index in [4.69, 9.17) is 25.8 Å². The van der Waals surface area contributed by atoms with E-state index in [2.05, 4.69) is 19.7 Å². The lowest BCUT2D eigenvalue weighted by molar-refractivity contribution is -0.132. The lowest BCUT2D eigenvalue weighted by Crippen LogP contribution is -2.13. The Kier molecular flexibility index (Phi) is 9.08. The normalized spacial score (nSPS) is 10.4. The molecule has 0 amide bonds. The molecule has 0 fully saturated rings. The maximum atomic E-state index is 12.8.